The zero-order valence-electron chi connectivity index (χ0n) is 9.57. The molecule has 0 radical (unpaired) electrons. The number of benzene rings is 1. The van der Waals surface area contributed by atoms with Crippen molar-refractivity contribution in [1.82, 2.24) is 10.6 Å². The number of carbonyl (C=O) groups excluding carboxylic acids is 1. The van der Waals surface area contributed by atoms with Crippen LogP contribution in [0.2, 0.25) is 0 Å². The summed E-state index contributed by atoms with van der Waals surface area (Å²) in [7, 11) is 0. The minimum atomic E-state index is 0.102. The molecule has 1 aromatic carbocycles. The number of hydrogen-bond donors (Lipinski definition) is 2. The largest absolute Gasteiger partial charge is 0.352 e. The SMILES string of the molecule is C[C@H](NCC(=O)NC1CC1)c1ccccc1. The highest BCUT2D eigenvalue weighted by molar-refractivity contribution is 5.78. The second kappa shape index (κ2) is 5.12. The number of carbonyl (C=O) groups is 1. The molecule has 16 heavy (non-hydrogen) atoms. The van der Waals surface area contributed by atoms with Crippen LogP contribution in [0.15, 0.2) is 30.3 Å². The molecule has 2 rings (SSSR count). The molecule has 1 aliphatic carbocycles. The van der Waals surface area contributed by atoms with Gasteiger partial charge in [0.05, 0.1) is 6.54 Å². The Kier molecular flexibility index (Phi) is 3.57. The summed E-state index contributed by atoms with van der Waals surface area (Å²) >= 11 is 0. The van der Waals surface area contributed by atoms with Crippen molar-refractivity contribution in [3.63, 3.8) is 0 Å². The molecule has 86 valence electrons. The van der Waals surface area contributed by atoms with Crippen molar-refractivity contribution < 1.29 is 4.79 Å². The highest BCUT2D eigenvalue weighted by atomic mass is 16.2. The summed E-state index contributed by atoms with van der Waals surface area (Å²) in [5, 5.41) is 6.18. The first-order valence-electron chi connectivity index (χ1n) is 5.83. The van der Waals surface area contributed by atoms with Crippen LogP contribution >= 0.6 is 0 Å². The van der Waals surface area contributed by atoms with E-state index in [1.165, 1.54) is 5.56 Å². The van der Waals surface area contributed by atoms with E-state index in [1.807, 2.05) is 18.2 Å². The fourth-order valence-electron chi connectivity index (χ4n) is 1.61. The van der Waals surface area contributed by atoms with E-state index < -0.39 is 0 Å². The maximum absolute atomic E-state index is 11.5. The van der Waals surface area contributed by atoms with Gasteiger partial charge in [0, 0.05) is 12.1 Å². The van der Waals surface area contributed by atoms with Crippen molar-refractivity contribution >= 4 is 5.91 Å². The third kappa shape index (κ3) is 3.35. The van der Waals surface area contributed by atoms with Crippen LogP contribution < -0.4 is 10.6 Å². The van der Waals surface area contributed by atoms with E-state index in [1.54, 1.807) is 0 Å². The fourth-order valence-corrected chi connectivity index (χ4v) is 1.61. The van der Waals surface area contributed by atoms with Crippen LogP contribution in [0.5, 0.6) is 0 Å². The first kappa shape index (κ1) is 11.1. The fraction of sp³-hybridized carbons (Fsp3) is 0.462. The molecule has 0 unspecified atom stereocenters. The number of hydrogen-bond acceptors (Lipinski definition) is 2. The smallest absolute Gasteiger partial charge is 0.234 e. The van der Waals surface area contributed by atoms with E-state index in [9.17, 15) is 4.79 Å². The predicted octanol–water partition coefficient (Wildman–Crippen LogP) is 1.62. The van der Waals surface area contributed by atoms with Crippen molar-refractivity contribution in [2.45, 2.75) is 31.8 Å². The molecule has 0 spiro atoms. The minimum Gasteiger partial charge on any atom is -0.352 e. The van der Waals surface area contributed by atoms with Gasteiger partial charge in [-0.15, -0.1) is 0 Å². The highest BCUT2D eigenvalue weighted by Gasteiger charge is 2.23. The first-order valence-corrected chi connectivity index (χ1v) is 5.83. The lowest BCUT2D eigenvalue weighted by Crippen LogP contribution is -2.36. The molecule has 0 bridgehead atoms. The van der Waals surface area contributed by atoms with E-state index >= 15 is 0 Å². The minimum absolute atomic E-state index is 0.102. The molecule has 0 aliphatic heterocycles. The van der Waals surface area contributed by atoms with Gasteiger partial charge in [-0.3, -0.25) is 4.79 Å². The molecule has 1 atom stereocenters. The summed E-state index contributed by atoms with van der Waals surface area (Å²) < 4.78 is 0. The van der Waals surface area contributed by atoms with Crippen molar-refractivity contribution in [2.24, 2.45) is 0 Å². The number of nitrogens with one attached hydrogen (secondary N) is 2. The topological polar surface area (TPSA) is 41.1 Å². The Morgan fingerprint density at radius 1 is 1.38 bits per heavy atom. The average Bonchev–Trinajstić information content (AvgIpc) is 3.11. The molecule has 0 aromatic heterocycles. The normalized spacial score (nSPS) is 16.8. The van der Waals surface area contributed by atoms with Crippen molar-refractivity contribution in [1.29, 1.82) is 0 Å². The summed E-state index contributed by atoms with van der Waals surface area (Å²) in [6, 6.07) is 10.8. The predicted molar refractivity (Wildman–Crippen MR) is 64.0 cm³/mol. The van der Waals surface area contributed by atoms with Crippen LogP contribution in [0.1, 0.15) is 31.4 Å². The van der Waals surface area contributed by atoms with Crippen LogP contribution in [-0.4, -0.2) is 18.5 Å². The first-order chi connectivity index (χ1) is 7.75. The average molecular weight is 218 g/mol. The summed E-state index contributed by atoms with van der Waals surface area (Å²) in [4.78, 5) is 11.5. The van der Waals surface area contributed by atoms with Gasteiger partial charge in [-0.05, 0) is 25.3 Å². The van der Waals surface area contributed by atoms with Gasteiger partial charge < -0.3 is 10.6 Å². The lowest BCUT2D eigenvalue weighted by Gasteiger charge is -2.13. The monoisotopic (exact) mass is 218 g/mol. The summed E-state index contributed by atoms with van der Waals surface area (Å²) in [6.45, 7) is 2.46. The molecule has 1 amide bonds. The van der Waals surface area contributed by atoms with Crippen molar-refractivity contribution in [2.75, 3.05) is 6.54 Å². The molecule has 1 saturated carbocycles. The molecular weight excluding hydrogens is 200 g/mol. The Balaban J connectivity index is 1.74. The number of rotatable bonds is 5. The van der Waals surface area contributed by atoms with Crippen molar-refractivity contribution in [3.05, 3.63) is 35.9 Å². The van der Waals surface area contributed by atoms with Gasteiger partial charge in [-0.2, -0.15) is 0 Å². The van der Waals surface area contributed by atoms with Gasteiger partial charge in [0.2, 0.25) is 5.91 Å². The zero-order chi connectivity index (χ0) is 11.4. The molecule has 0 heterocycles. The lowest BCUT2D eigenvalue weighted by atomic mass is 10.1. The van der Waals surface area contributed by atoms with Crippen LogP contribution in [0.3, 0.4) is 0 Å². The van der Waals surface area contributed by atoms with E-state index in [0.29, 0.717) is 12.6 Å². The zero-order valence-corrected chi connectivity index (χ0v) is 9.57. The Morgan fingerprint density at radius 2 is 2.06 bits per heavy atom. The summed E-state index contributed by atoms with van der Waals surface area (Å²) in [5.41, 5.74) is 1.21. The van der Waals surface area contributed by atoms with E-state index in [4.69, 9.17) is 0 Å². The molecule has 0 saturated heterocycles. The molecule has 1 aliphatic rings. The summed E-state index contributed by atoms with van der Waals surface area (Å²) in [6.07, 6.45) is 2.28. The van der Waals surface area contributed by atoms with Crippen LogP contribution in [0, 0.1) is 0 Å². The van der Waals surface area contributed by atoms with Gasteiger partial charge >= 0.3 is 0 Å². The molecular formula is C13H18N2O. The second-order valence-corrected chi connectivity index (χ2v) is 4.36. The van der Waals surface area contributed by atoms with Gasteiger partial charge in [-0.1, -0.05) is 30.3 Å². The molecule has 1 aromatic rings. The second-order valence-electron chi connectivity index (χ2n) is 4.36. The Morgan fingerprint density at radius 3 is 2.69 bits per heavy atom. The Labute approximate surface area is 96.2 Å². The van der Waals surface area contributed by atoms with E-state index in [2.05, 4.69) is 29.7 Å². The van der Waals surface area contributed by atoms with Gasteiger partial charge in [0.15, 0.2) is 0 Å². The van der Waals surface area contributed by atoms with Gasteiger partial charge in [0.25, 0.3) is 0 Å². The van der Waals surface area contributed by atoms with Crippen LogP contribution in [-0.2, 0) is 4.79 Å². The maximum Gasteiger partial charge on any atom is 0.234 e. The highest BCUT2D eigenvalue weighted by Crippen LogP contribution is 2.18. The summed E-state index contributed by atoms with van der Waals surface area (Å²) in [5.74, 6) is 0.102. The maximum atomic E-state index is 11.5. The molecule has 3 nitrogen and oxygen atoms in total. The quantitative estimate of drug-likeness (QED) is 0.788. The third-order valence-electron chi connectivity index (χ3n) is 2.81. The van der Waals surface area contributed by atoms with Gasteiger partial charge in [-0.25, -0.2) is 0 Å². The van der Waals surface area contributed by atoms with E-state index in [-0.39, 0.29) is 11.9 Å². The third-order valence-corrected chi connectivity index (χ3v) is 2.81. The lowest BCUT2D eigenvalue weighted by molar-refractivity contribution is -0.120. The molecule has 3 heteroatoms. The molecule has 2 N–H and O–H groups in total. The molecule has 1 fully saturated rings. The van der Waals surface area contributed by atoms with E-state index in [0.717, 1.165) is 12.8 Å². The van der Waals surface area contributed by atoms with Gasteiger partial charge in [0.1, 0.15) is 0 Å². The standard InChI is InChI=1S/C13H18N2O/c1-10(11-5-3-2-4-6-11)14-9-13(16)15-12-7-8-12/h2-6,10,12,14H,7-9H2,1H3,(H,15,16)/t10-/m0/s1. The Bertz CT molecular complexity index is 346. The van der Waals surface area contributed by atoms with Crippen LogP contribution in [0.25, 0.3) is 0 Å². The number of amides is 1. The van der Waals surface area contributed by atoms with Crippen LogP contribution in [0.4, 0.5) is 0 Å². The van der Waals surface area contributed by atoms with Crippen molar-refractivity contribution in [3.8, 4) is 0 Å². The Hall–Kier alpha value is -1.35.